The Balaban J connectivity index is 1.12. The van der Waals surface area contributed by atoms with Crippen LogP contribution in [0.5, 0.6) is 0 Å². The molecule has 116 heavy (non-hydrogen) atoms. The second kappa shape index (κ2) is 46.2. The average molecular weight is 1650 g/mol. The Bertz CT molecular complexity index is 3840. The van der Waals surface area contributed by atoms with Crippen LogP contribution in [-0.2, 0) is 84.8 Å². The van der Waals surface area contributed by atoms with Gasteiger partial charge >= 0.3 is 5.97 Å². The third-order valence-electron chi connectivity index (χ3n) is 20.0. The van der Waals surface area contributed by atoms with Crippen molar-refractivity contribution in [1.82, 2.24) is 83.2 Å². The zero-order chi connectivity index (χ0) is 85.5. The minimum absolute atomic E-state index is 0.00992. The molecule has 0 bridgehead atoms. The van der Waals surface area contributed by atoms with Gasteiger partial charge in [0.15, 0.2) is 17.9 Å². The van der Waals surface area contributed by atoms with E-state index in [1.807, 2.05) is 0 Å². The fraction of sp³-hybridized carbons (Fsp3) is 0.630. The van der Waals surface area contributed by atoms with Crippen molar-refractivity contribution >= 4 is 119 Å². The molecule has 6 rings (SSSR count). The normalized spacial score (nSPS) is 19.0. The second-order valence-electron chi connectivity index (χ2n) is 29.8. The van der Waals surface area contributed by atoms with Gasteiger partial charge in [-0.05, 0) is 114 Å². The van der Waals surface area contributed by atoms with Gasteiger partial charge in [-0.1, -0.05) is 58.0 Å². The maximum atomic E-state index is 14.7. The number of carbonyl (C=O) groups is 15. The number of aromatic amines is 1. The monoisotopic (exact) mass is 1650 g/mol. The van der Waals surface area contributed by atoms with Crippen LogP contribution in [0.4, 0.5) is 0 Å². The third kappa shape index (κ3) is 28.8. The third-order valence-corrected chi connectivity index (χ3v) is 20.3. The van der Waals surface area contributed by atoms with Crippen LogP contribution in [0.2, 0.25) is 0 Å². The van der Waals surface area contributed by atoms with Crippen LogP contribution in [0.25, 0.3) is 0 Å². The van der Waals surface area contributed by atoms with Crippen LogP contribution in [0.3, 0.4) is 0 Å². The molecule has 26 N–H and O–H groups in total. The number of rotatable bonds is 45. The Morgan fingerprint density at radius 2 is 0.957 bits per heavy atom. The van der Waals surface area contributed by atoms with Gasteiger partial charge in [-0.2, -0.15) is 12.6 Å². The van der Waals surface area contributed by atoms with Gasteiger partial charge in [-0.15, -0.1) is 0 Å². The van der Waals surface area contributed by atoms with Gasteiger partial charge in [0.25, 0.3) is 0 Å². The van der Waals surface area contributed by atoms with Gasteiger partial charge in [0.2, 0.25) is 82.7 Å². The van der Waals surface area contributed by atoms with E-state index >= 15 is 0 Å². The van der Waals surface area contributed by atoms with Crippen molar-refractivity contribution < 1.29 is 82.1 Å². The summed E-state index contributed by atoms with van der Waals surface area (Å²) in [5, 5.41) is 49.6. The van der Waals surface area contributed by atoms with Crippen LogP contribution >= 0.6 is 12.6 Å². The van der Waals surface area contributed by atoms with E-state index in [1.54, 1.807) is 58.0 Å². The lowest BCUT2D eigenvalue weighted by atomic mass is 10.0. The van der Waals surface area contributed by atoms with Gasteiger partial charge in [0.1, 0.15) is 84.6 Å². The number of carbonyl (C=O) groups excluding carboxylic acids is 14. The molecule has 640 valence electrons. The number of thiol groups is 1. The molecule has 43 heteroatoms. The van der Waals surface area contributed by atoms with Gasteiger partial charge < -0.3 is 123 Å². The fourth-order valence-corrected chi connectivity index (χ4v) is 14.2. The summed E-state index contributed by atoms with van der Waals surface area (Å²) >= 11 is 4.31. The van der Waals surface area contributed by atoms with Gasteiger partial charge in [0, 0.05) is 76.2 Å². The lowest BCUT2D eigenvalue weighted by Gasteiger charge is -2.33. The number of nitrogens with one attached hydrogen (secondary N) is 12. The van der Waals surface area contributed by atoms with E-state index in [1.165, 1.54) is 34.1 Å². The Labute approximate surface area is 676 Å². The molecular formula is C73H115N25O17S. The van der Waals surface area contributed by atoms with Crippen molar-refractivity contribution in [3.8, 4) is 0 Å². The number of carboxylic acid groups (broad SMARTS) is 1. The van der Waals surface area contributed by atoms with Gasteiger partial charge in [-0.25, -0.2) is 9.78 Å². The first kappa shape index (κ1) is 93.5. The summed E-state index contributed by atoms with van der Waals surface area (Å²) in [5.74, 6) is -14.0. The number of imidazole rings is 1. The fourth-order valence-electron chi connectivity index (χ4n) is 13.9. The van der Waals surface area contributed by atoms with Crippen LogP contribution in [-0.4, -0.2) is 278 Å². The Hall–Kier alpha value is -11.4. The molecule has 42 nitrogen and oxygen atoms in total. The summed E-state index contributed by atoms with van der Waals surface area (Å²) in [4.78, 5) is 232. The summed E-state index contributed by atoms with van der Waals surface area (Å²) in [6, 6.07) is -9.66. The summed E-state index contributed by atoms with van der Waals surface area (Å²) in [6.07, 6.45) is 4.44. The number of hydrogen-bond acceptors (Lipinski definition) is 21. The van der Waals surface area contributed by atoms with Crippen molar-refractivity contribution in [3.05, 3.63) is 54.1 Å². The highest BCUT2D eigenvalue weighted by Crippen LogP contribution is 2.25. The number of benzene rings is 1. The molecule has 4 saturated heterocycles. The standard InChI is InChI=1S/C73H115N25O17S/c1-38(2)31-47(91-65(109)52-20-12-28-96(52)67(111)40(5)85-64(108)51(36-116)94-58(102)44(18-10-26-82-72(76)77)87-57(101)43(17-9-25-81-71(74)75)88-59(103)46-23-24-55(100)86-46)61(105)90-48(33-42-34-80-37-84-42)62(106)93-50(35-99)63(107)89-45(19-11-27-83-73(78)79)60(104)95-56(39(3)4)69(113)97-29-13-21-53(97)66(110)92-49(32-41-15-7-6-8-16-41)68(112)98-30-14-22-54(98)70(114)115/h6-8,15-16,34,37-40,43-54,56,99,116H,9-14,17-33,35-36H2,1-5H3,(H,80,84)(H,85,108)(H,86,100)(H,87,101)(H,88,103)(H,89,107)(H,90,105)(H,91,109)(H,92,110)(H,93,106)(H,94,102)(H,95,104)(H,114,115)(H4,74,75,81)(H4,76,77,82)(H4,78,79,83)/t40-,43-,44-,45-,46?,47-,48-,49-,50-,51-,52-,53-,54-,56-/m0/s1. The molecule has 4 aliphatic rings. The number of likely N-dealkylation sites (tertiary alicyclic amines) is 3. The first-order valence-electron chi connectivity index (χ1n) is 39.0. The molecule has 0 saturated carbocycles. The number of aliphatic carboxylic acids is 1. The molecule has 1 unspecified atom stereocenters. The summed E-state index contributed by atoms with van der Waals surface area (Å²) in [6.45, 7) is 7.47. The Morgan fingerprint density at radius 3 is 1.43 bits per heavy atom. The summed E-state index contributed by atoms with van der Waals surface area (Å²) < 4.78 is 0. The Kier molecular flexibility index (Phi) is 37.2. The highest BCUT2D eigenvalue weighted by atomic mass is 32.1. The number of guanidine groups is 3. The lowest BCUT2D eigenvalue weighted by Crippen LogP contribution is -2.61. The molecule has 4 aliphatic heterocycles. The Morgan fingerprint density at radius 1 is 0.517 bits per heavy atom. The molecule has 5 heterocycles. The molecule has 1 aromatic heterocycles. The molecular weight excluding hydrogens is 1530 g/mol. The number of amides is 14. The maximum absolute atomic E-state index is 14.7. The summed E-state index contributed by atoms with van der Waals surface area (Å²) in [7, 11) is 0. The van der Waals surface area contributed by atoms with Crippen molar-refractivity contribution in [3.63, 3.8) is 0 Å². The minimum atomic E-state index is -1.81. The van der Waals surface area contributed by atoms with E-state index in [4.69, 9.17) is 34.4 Å². The van der Waals surface area contributed by atoms with Crippen LogP contribution < -0.4 is 92.9 Å². The first-order chi connectivity index (χ1) is 55.1. The zero-order valence-corrected chi connectivity index (χ0v) is 66.9. The highest BCUT2D eigenvalue weighted by Gasteiger charge is 2.45. The maximum Gasteiger partial charge on any atom is 0.326 e. The topological polar surface area (TPSA) is 660 Å². The molecule has 14 atom stereocenters. The van der Waals surface area contributed by atoms with E-state index in [2.05, 4.69) is 96.1 Å². The average Bonchev–Trinajstić information content (AvgIpc) is 1.62. The number of aliphatic hydroxyl groups is 1. The number of nitrogens with zero attached hydrogens (tertiary/aromatic N) is 7. The summed E-state index contributed by atoms with van der Waals surface area (Å²) in [5.41, 5.74) is 34.2. The number of carboxylic acids is 1. The number of nitrogens with two attached hydrogens (primary N) is 6. The second-order valence-corrected chi connectivity index (χ2v) is 30.2. The molecule has 1 aromatic carbocycles. The number of aliphatic hydroxyl groups excluding tert-OH is 1. The quantitative estimate of drug-likeness (QED) is 0.0127. The molecule has 2 aromatic rings. The zero-order valence-electron chi connectivity index (χ0n) is 66.0. The minimum Gasteiger partial charge on any atom is -0.480 e. The van der Waals surface area contributed by atoms with E-state index in [0.717, 1.165) is 0 Å². The van der Waals surface area contributed by atoms with Crippen molar-refractivity contribution in [2.75, 3.05) is 51.6 Å². The lowest BCUT2D eigenvalue weighted by molar-refractivity contribution is -0.150. The van der Waals surface area contributed by atoms with E-state index < -0.39 is 180 Å². The number of aliphatic imine (C=N–C) groups is 3. The van der Waals surface area contributed by atoms with E-state index in [9.17, 15) is 82.1 Å². The van der Waals surface area contributed by atoms with Gasteiger partial charge in [0.05, 0.1) is 12.9 Å². The highest BCUT2D eigenvalue weighted by molar-refractivity contribution is 7.80. The number of H-pyrrole nitrogens is 1. The largest absolute Gasteiger partial charge is 0.480 e. The smallest absolute Gasteiger partial charge is 0.326 e. The molecule has 14 amide bonds. The van der Waals surface area contributed by atoms with Crippen LogP contribution in [0.1, 0.15) is 142 Å². The van der Waals surface area contributed by atoms with E-state index in [-0.39, 0.29) is 165 Å². The van der Waals surface area contributed by atoms with Gasteiger partial charge in [-0.3, -0.25) is 82.1 Å². The SMILES string of the molecule is CC(C)C[C@H](NC(=O)[C@@H]1CCCN1C(=O)[C@H](C)NC(=O)[C@H](CS)NC(=O)[C@H](CCCN=C(N)N)NC(=O)[C@H](CCCN=C(N)N)NC(=O)C1CCC(=O)N1)C(=O)N[C@@H](Cc1cnc[nH]1)C(=O)N[C@@H](CO)C(=O)N[C@@H](CCCN=C(N)N)C(=O)N[C@H](C(=O)N1CCC[C@H]1C(=O)N[C@@H](Cc1ccccc1)C(=O)N1CCC[C@H]1C(=O)O)C(C)C. The predicted molar refractivity (Wildman–Crippen MR) is 425 cm³/mol. The molecule has 4 fully saturated rings. The molecule has 0 radical (unpaired) electrons. The first-order valence-corrected chi connectivity index (χ1v) is 39.6. The number of aromatic nitrogens is 2. The van der Waals surface area contributed by atoms with Crippen molar-refractivity contribution in [2.24, 2.45) is 61.2 Å². The molecule has 0 aliphatic carbocycles. The van der Waals surface area contributed by atoms with Crippen LogP contribution in [0, 0.1) is 11.8 Å². The van der Waals surface area contributed by atoms with Crippen LogP contribution in [0.15, 0.2) is 57.8 Å². The van der Waals surface area contributed by atoms with Crippen molar-refractivity contribution in [1.29, 1.82) is 0 Å². The molecule has 0 spiro atoms. The van der Waals surface area contributed by atoms with Crippen molar-refractivity contribution in [2.45, 2.75) is 228 Å². The van der Waals surface area contributed by atoms with E-state index in [0.29, 0.717) is 30.5 Å². The predicted octanol–water partition coefficient (Wildman–Crippen LogP) is -6.82. The number of hydrogen-bond donors (Lipinski definition) is 21.